The molecule has 1 aromatic carbocycles. The van der Waals surface area contributed by atoms with Gasteiger partial charge in [0.2, 0.25) is 5.60 Å². The third-order valence-corrected chi connectivity index (χ3v) is 8.60. The molecule has 2 aliphatic carbocycles. The average molecular weight is 645 g/mol. The summed E-state index contributed by atoms with van der Waals surface area (Å²) < 4.78 is 22.6. The van der Waals surface area contributed by atoms with Crippen LogP contribution in [0.25, 0.3) is 0 Å². The van der Waals surface area contributed by atoms with Crippen LogP contribution in [-0.2, 0) is 30.3 Å². The van der Waals surface area contributed by atoms with E-state index >= 15 is 0 Å². The first-order valence-corrected chi connectivity index (χ1v) is 16.0. The molecule has 2 amide bonds. The van der Waals surface area contributed by atoms with Gasteiger partial charge in [-0.25, -0.2) is 19.2 Å². The molecule has 1 unspecified atom stereocenters. The van der Waals surface area contributed by atoms with Crippen LogP contribution < -0.4 is 20.9 Å². The summed E-state index contributed by atoms with van der Waals surface area (Å²) in [6.45, 7) is 19.6. The number of nitrogens with one attached hydrogen (secondary N) is 4. The molecule has 12 nitrogen and oxygen atoms in total. The van der Waals surface area contributed by atoms with Gasteiger partial charge in [0.05, 0.1) is 0 Å². The zero-order valence-electron chi connectivity index (χ0n) is 29.2. The number of fused-ring (bicyclic) bond motifs is 1. The van der Waals surface area contributed by atoms with E-state index in [0.29, 0.717) is 24.4 Å². The molecule has 12 heteroatoms. The Morgan fingerprint density at radius 1 is 0.891 bits per heavy atom. The van der Waals surface area contributed by atoms with E-state index in [1.807, 2.05) is 26.8 Å². The van der Waals surface area contributed by atoms with Gasteiger partial charge >= 0.3 is 18.2 Å². The van der Waals surface area contributed by atoms with Gasteiger partial charge in [0.15, 0.2) is 0 Å². The molecule has 256 valence electrons. The van der Waals surface area contributed by atoms with Gasteiger partial charge in [-0.1, -0.05) is 0 Å². The molecule has 0 aromatic heterocycles. The van der Waals surface area contributed by atoms with Crippen molar-refractivity contribution in [3.63, 3.8) is 0 Å². The number of rotatable bonds is 7. The number of benzene rings is 1. The first-order valence-electron chi connectivity index (χ1n) is 16.0. The number of hydrogen-bond donors (Lipinski definition) is 4. The van der Waals surface area contributed by atoms with Gasteiger partial charge in [-0.2, -0.15) is 5.48 Å². The van der Waals surface area contributed by atoms with Crippen molar-refractivity contribution in [3.05, 3.63) is 29.3 Å². The molecule has 1 spiro atoms. The summed E-state index contributed by atoms with van der Waals surface area (Å²) in [7, 11) is 0. The Balaban J connectivity index is 1.37. The summed E-state index contributed by atoms with van der Waals surface area (Å²) in [4.78, 5) is 43.8. The van der Waals surface area contributed by atoms with Crippen molar-refractivity contribution in [2.45, 2.75) is 148 Å². The smallest absolute Gasteiger partial charge is 0.431 e. The van der Waals surface area contributed by atoms with Crippen LogP contribution in [-0.4, -0.2) is 64.1 Å². The van der Waals surface area contributed by atoms with Crippen LogP contribution in [0.15, 0.2) is 18.2 Å². The lowest BCUT2D eigenvalue weighted by Gasteiger charge is -2.40. The van der Waals surface area contributed by atoms with Crippen LogP contribution in [0.1, 0.15) is 113 Å². The Kier molecular flexibility index (Phi) is 9.15. The molecule has 0 radical (unpaired) electrons. The van der Waals surface area contributed by atoms with Gasteiger partial charge in [0, 0.05) is 17.1 Å². The Morgan fingerprint density at radius 2 is 1.48 bits per heavy atom. The molecular weight excluding hydrogens is 592 g/mol. The van der Waals surface area contributed by atoms with Crippen molar-refractivity contribution < 1.29 is 38.2 Å². The summed E-state index contributed by atoms with van der Waals surface area (Å²) in [5.74, 6) is 0.196. The number of amidine groups is 1. The molecule has 2 saturated carbocycles. The molecule has 3 aliphatic rings. The van der Waals surface area contributed by atoms with E-state index in [9.17, 15) is 14.4 Å². The van der Waals surface area contributed by atoms with Crippen molar-refractivity contribution in [1.82, 2.24) is 16.1 Å². The molecule has 2 fully saturated rings. The van der Waals surface area contributed by atoms with Crippen molar-refractivity contribution >= 4 is 24.0 Å². The van der Waals surface area contributed by atoms with E-state index < -0.39 is 46.7 Å². The lowest BCUT2D eigenvalue weighted by atomic mass is 9.73. The fraction of sp³-hybridized carbons (Fsp3) is 0.706. The Hall–Kier alpha value is -3.54. The first-order chi connectivity index (χ1) is 20.9. The van der Waals surface area contributed by atoms with Crippen LogP contribution in [0, 0.1) is 10.8 Å². The number of esters is 1. The van der Waals surface area contributed by atoms with Crippen molar-refractivity contribution in [2.24, 2.45) is 5.41 Å². The summed E-state index contributed by atoms with van der Waals surface area (Å²) in [6.07, 6.45) is 1.55. The summed E-state index contributed by atoms with van der Waals surface area (Å²) in [5, 5.41) is 15.1. The fourth-order valence-corrected chi connectivity index (χ4v) is 6.20. The van der Waals surface area contributed by atoms with E-state index in [2.05, 4.69) is 23.0 Å². The minimum absolute atomic E-state index is 0.0295. The highest BCUT2D eigenvalue weighted by atomic mass is 16.7. The molecule has 4 N–H and O–H groups in total. The zero-order chi connectivity index (χ0) is 34.5. The predicted octanol–water partition coefficient (Wildman–Crippen LogP) is 5.69. The standard InChI is InChI=1S/C34H52N4O8/c1-29(2,3)43-26(39)33(11,46-38-28(41)45-31(7,8)9)24-15-13-20-16-21(12-14-23(20)42-24)25(35)36-22-17-34(18-22)19-32(34,10)37-27(40)44-30(4,5)6/h12,14,16,22,24H,13,15,17-19H2,1-11H3,(H2,35,36)(H,37,40)(H,38,41)/t22?,24-,32?,33+,34?/m1/s1. The third kappa shape index (κ3) is 8.24. The maximum absolute atomic E-state index is 13.4. The minimum Gasteiger partial charge on any atom is -0.486 e. The number of hydrogen-bond acceptors (Lipinski definition) is 9. The highest BCUT2D eigenvalue weighted by Crippen LogP contribution is 2.67. The number of carbonyl (C=O) groups is 3. The van der Waals surface area contributed by atoms with Gasteiger partial charge in [0.25, 0.3) is 0 Å². The summed E-state index contributed by atoms with van der Waals surface area (Å²) >= 11 is 0. The van der Waals surface area contributed by atoms with Crippen LogP contribution in [0.4, 0.5) is 9.59 Å². The second-order valence-electron chi connectivity index (χ2n) is 16.3. The lowest BCUT2D eigenvalue weighted by Crippen LogP contribution is -2.58. The molecule has 0 saturated heterocycles. The van der Waals surface area contributed by atoms with Crippen LogP contribution in [0.2, 0.25) is 0 Å². The highest BCUT2D eigenvalue weighted by molar-refractivity contribution is 5.97. The quantitative estimate of drug-likeness (QED) is 0.0963. The summed E-state index contributed by atoms with van der Waals surface area (Å²) in [5.41, 5.74) is -0.172. The maximum Gasteiger partial charge on any atom is 0.431 e. The number of carbonyl (C=O) groups excluding carboxylic acids is 3. The first kappa shape index (κ1) is 35.3. The second-order valence-corrected chi connectivity index (χ2v) is 16.3. The fourth-order valence-electron chi connectivity index (χ4n) is 6.20. The normalized spacial score (nSPS) is 26.7. The van der Waals surface area contributed by atoms with Crippen molar-refractivity contribution in [1.29, 1.82) is 5.41 Å². The van der Waals surface area contributed by atoms with E-state index in [0.717, 1.165) is 30.4 Å². The van der Waals surface area contributed by atoms with Gasteiger partial charge in [-0.3, -0.25) is 5.41 Å². The molecular formula is C34H52N4O8. The number of alkyl carbamates (subject to hydrolysis) is 1. The van der Waals surface area contributed by atoms with Crippen LogP contribution >= 0.6 is 0 Å². The lowest BCUT2D eigenvalue weighted by molar-refractivity contribution is -0.205. The van der Waals surface area contributed by atoms with E-state index in [-0.39, 0.29) is 17.0 Å². The number of aryl methyl sites for hydroxylation is 1. The molecule has 4 rings (SSSR count). The van der Waals surface area contributed by atoms with Gasteiger partial charge in [-0.15, -0.1) is 0 Å². The van der Waals surface area contributed by atoms with Gasteiger partial charge in [-0.05, 0) is 137 Å². The SMILES string of the molecule is CC(C)(C)OC(=O)NO[C@](C)(C(=O)OC(C)(C)C)[C@H]1CCc2cc(C(=N)NC3CC4(C3)CC4(C)NC(=O)OC(C)(C)C)ccc2O1. The van der Waals surface area contributed by atoms with Gasteiger partial charge in [0.1, 0.15) is 34.5 Å². The Labute approximate surface area is 272 Å². The summed E-state index contributed by atoms with van der Waals surface area (Å²) in [6, 6.07) is 5.65. The zero-order valence-corrected chi connectivity index (χ0v) is 29.2. The second kappa shape index (κ2) is 11.9. The third-order valence-electron chi connectivity index (χ3n) is 8.60. The van der Waals surface area contributed by atoms with Crippen LogP contribution in [0.5, 0.6) is 5.75 Å². The largest absolute Gasteiger partial charge is 0.486 e. The topological polar surface area (TPSA) is 157 Å². The number of hydroxylamine groups is 1. The van der Waals surface area contributed by atoms with Crippen LogP contribution in [0.3, 0.4) is 0 Å². The molecule has 1 aliphatic heterocycles. The predicted molar refractivity (Wildman–Crippen MR) is 172 cm³/mol. The molecule has 1 aromatic rings. The van der Waals surface area contributed by atoms with Crippen molar-refractivity contribution in [3.8, 4) is 5.75 Å². The van der Waals surface area contributed by atoms with E-state index in [1.54, 1.807) is 53.7 Å². The number of ether oxygens (including phenoxy) is 4. The Morgan fingerprint density at radius 3 is 2.07 bits per heavy atom. The van der Waals surface area contributed by atoms with E-state index in [1.165, 1.54) is 6.92 Å². The van der Waals surface area contributed by atoms with Gasteiger partial charge < -0.3 is 29.6 Å². The molecule has 46 heavy (non-hydrogen) atoms. The minimum atomic E-state index is -1.68. The molecule has 3 atom stereocenters. The molecule has 1 heterocycles. The number of amides is 2. The monoisotopic (exact) mass is 644 g/mol. The van der Waals surface area contributed by atoms with Crippen molar-refractivity contribution in [2.75, 3.05) is 0 Å². The maximum atomic E-state index is 13.4. The Bertz CT molecular complexity index is 1370. The van der Waals surface area contributed by atoms with E-state index in [4.69, 9.17) is 29.2 Å². The molecule has 0 bridgehead atoms. The average Bonchev–Trinajstić information content (AvgIpc) is 3.46. The highest BCUT2D eigenvalue weighted by Gasteiger charge is 2.70.